The number of nitriles is 1. The van der Waals surface area contributed by atoms with E-state index in [-0.39, 0.29) is 11.5 Å². The van der Waals surface area contributed by atoms with Crippen molar-refractivity contribution in [3.05, 3.63) is 92.4 Å². The lowest BCUT2D eigenvalue weighted by Gasteiger charge is -2.45. The molecule has 2 aromatic rings. The van der Waals surface area contributed by atoms with Gasteiger partial charge in [0, 0.05) is 35.9 Å². The van der Waals surface area contributed by atoms with E-state index in [2.05, 4.69) is 37.1 Å². The van der Waals surface area contributed by atoms with Crippen molar-refractivity contribution in [1.29, 1.82) is 5.26 Å². The van der Waals surface area contributed by atoms with E-state index in [0.717, 1.165) is 29.7 Å². The van der Waals surface area contributed by atoms with Crippen LogP contribution in [0.3, 0.4) is 0 Å². The summed E-state index contributed by atoms with van der Waals surface area (Å²) in [7, 11) is 0. The van der Waals surface area contributed by atoms with Crippen molar-refractivity contribution in [2.24, 2.45) is 10.9 Å². The molecule has 2 atom stereocenters. The van der Waals surface area contributed by atoms with Crippen molar-refractivity contribution in [2.45, 2.75) is 32.2 Å². The normalized spacial score (nSPS) is 25.1. The fourth-order valence-corrected chi connectivity index (χ4v) is 4.48. The second-order valence-corrected chi connectivity index (χ2v) is 7.31. The van der Waals surface area contributed by atoms with Gasteiger partial charge in [0.05, 0.1) is 11.6 Å². The summed E-state index contributed by atoms with van der Waals surface area (Å²) in [5, 5.41) is 8.98. The van der Waals surface area contributed by atoms with E-state index in [1.54, 1.807) is 18.2 Å². The van der Waals surface area contributed by atoms with Crippen molar-refractivity contribution in [3.63, 3.8) is 0 Å². The Labute approximate surface area is 158 Å². The lowest BCUT2D eigenvalue weighted by molar-refractivity contribution is 0.413. The lowest BCUT2D eigenvalue weighted by Crippen LogP contribution is -2.40. The third-order valence-corrected chi connectivity index (χ3v) is 5.55. The van der Waals surface area contributed by atoms with Crippen LogP contribution in [0.25, 0.3) is 0 Å². The molecule has 0 fully saturated rings. The van der Waals surface area contributed by atoms with E-state index in [1.165, 1.54) is 11.1 Å². The molecule has 1 N–H and O–H groups in total. The van der Waals surface area contributed by atoms with Crippen molar-refractivity contribution in [3.8, 4) is 6.07 Å². The summed E-state index contributed by atoms with van der Waals surface area (Å²) >= 11 is 0. The maximum Gasteiger partial charge on any atom is 0.248 e. The smallest absolute Gasteiger partial charge is 0.248 e. The van der Waals surface area contributed by atoms with E-state index in [0.29, 0.717) is 5.56 Å². The molecule has 0 saturated carbocycles. The molecule has 4 heteroatoms. The first-order valence-electron chi connectivity index (χ1n) is 9.18. The number of hydrogen-bond donors (Lipinski definition) is 1. The zero-order valence-corrected chi connectivity index (χ0v) is 15.5. The molecule has 27 heavy (non-hydrogen) atoms. The molecule has 4 nitrogen and oxygen atoms in total. The number of hydrogen-bond acceptors (Lipinski definition) is 3. The van der Waals surface area contributed by atoms with Gasteiger partial charge in [0.1, 0.15) is 5.54 Å². The highest BCUT2D eigenvalue weighted by Crippen LogP contribution is 2.51. The predicted molar refractivity (Wildman–Crippen MR) is 107 cm³/mol. The molecule has 2 unspecified atom stereocenters. The number of benzene rings is 1. The number of rotatable bonds is 2. The molecule has 0 radical (unpaired) electrons. The molecular formula is C23H21N3O. The molecular weight excluding hydrogens is 334 g/mol. The van der Waals surface area contributed by atoms with Crippen molar-refractivity contribution in [2.75, 3.05) is 0 Å². The zero-order chi connectivity index (χ0) is 19.0. The van der Waals surface area contributed by atoms with Crippen LogP contribution in [-0.4, -0.2) is 11.2 Å². The predicted octanol–water partition coefficient (Wildman–Crippen LogP) is 4.03. The molecule has 2 aliphatic rings. The molecule has 1 heterocycles. The van der Waals surface area contributed by atoms with Gasteiger partial charge in [-0.15, -0.1) is 0 Å². The van der Waals surface area contributed by atoms with Crippen molar-refractivity contribution >= 4 is 6.21 Å². The third kappa shape index (κ3) is 2.86. The summed E-state index contributed by atoms with van der Waals surface area (Å²) in [5.74, 6) is 0.257. The third-order valence-electron chi connectivity index (χ3n) is 5.55. The number of nitrogens with zero attached hydrogens (tertiary/aromatic N) is 2. The van der Waals surface area contributed by atoms with Crippen LogP contribution < -0.4 is 5.56 Å². The highest BCUT2D eigenvalue weighted by Gasteiger charge is 2.46. The number of fused-ring (bicyclic) bond motifs is 4. The van der Waals surface area contributed by atoms with Gasteiger partial charge in [-0.1, -0.05) is 29.9 Å². The van der Waals surface area contributed by atoms with Crippen LogP contribution in [-0.2, 0) is 12.0 Å². The Balaban J connectivity index is 1.87. The lowest BCUT2D eigenvalue weighted by atomic mass is 9.63. The Kier molecular flexibility index (Phi) is 4.16. The van der Waals surface area contributed by atoms with Gasteiger partial charge < -0.3 is 4.98 Å². The summed E-state index contributed by atoms with van der Waals surface area (Å²) in [6, 6.07) is 13.1. The molecule has 2 aliphatic carbocycles. The monoisotopic (exact) mass is 355 g/mol. The molecule has 0 spiro atoms. The van der Waals surface area contributed by atoms with Crippen LogP contribution in [0.5, 0.6) is 0 Å². The first kappa shape index (κ1) is 17.2. The number of pyridine rings is 1. The average molecular weight is 355 g/mol. The van der Waals surface area contributed by atoms with Crippen LogP contribution >= 0.6 is 0 Å². The molecule has 134 valence electrons. The molecule has 0 amide bonds. The van der Waals surface area contributed by atoms with Gasteiger partial charge in [-0.25, -0.2) is 0 Å². The number of H-pyrrole nitrogens is 1. The Bertz CT molecular complexity index is 1080. The van der Waals surface area contributed by atoms with Crippen LogP contribution in [0.1, 0.15) is 42.7 Å². The molecule has 0 aliphatic heterocycles. The Hall–Kier alpha value is -3.19. The number of aromatic nitrogens is 1. The highest BCUT2D eigenvalue weighted by atomic mass is 16.1. The van der Waals surface area contributed by atoms with Crippen LogP contribution in [0, 0.1) is 17.2 Å². The van der Waals surface area contributed by atoms with Gasteiger partial charge in [-0.2, -0.15) is 5.26 Å². The van der Waals surface area contributed by atoms with Crippen LogP contribution in [0.4, 0.5) is 0 Å². The topological polar surface area (TPSA) is 69.0 Å². The van der Waals surface area contributed by atoms with E-state index in [4.69, 9.17) is 10.3 Å². The Morgan fingerprint density at radius 2 is 2.04 bits per heavy atom. The van der Waals surface area contributed by atoms with Gasteiger partial charge in [0.15, 0.2) is 0 Å². The summed E-state index contributed by atoms with van der Waals surface area (Å²) < 4.78 is 0. The minimum Gasteiger partial charge on any atom is -0.326 e. The first-order valence-corrected chi connectivity index (χ1v) is 9.18. The van der Waals surface area contributed by atoms with Gasteiger partial charge in [0.2, 0.25) is 5.56 Å². The van der Waals surface area contributed by atoms with Gasteiger partial charge >= 0.3 is 0 Å². The molecule has 2 bridgehead atoms. The second kappa shape index (κ2) is 6.51. The first-order chi connectivity index (χ1) is 13.1. The van der Waals surface area contributed by atoms with Crippen molar-refractivity contribution < 1.29 is 0 Å². The van der Waals surface area contributed by atoms with E-state index in [1.807, 2.05) is 24.4 Å². The van der Waals surface area contributed by atoms with Crippen molar-refractivity contribution in [1.82, 2.24) is 4.98 Å². The summed E-state index contributed by atoms with van der Waals surface area (Å²) in [4.78, 5) is 20.0. The molecule has 1 aromatic heterocycles. The number of aromatic amines is 1. The van der Waals surface area contributed by atoms with Gasteiger partial charge in [0.25, 0.3) is 0 Å². The molecule has 1 aromatic carbocycles. The number of nitrogens with one attached hydrogen (secondary N) is 1. The number of allylic oxidation sites excluding steroid dienone is 2. The average Bonchev–Trinajstić information content (AvgIpc) is 2.66. The standard InChI is InChI=1S/C23H21N3O/c1-3-19-18-10-15(2)12-23(19,20-8-9-22(27)26-21(20)11-18)25-14-17-6-4-16(13-24)5-7-17/h3-10,14,18H,11-12H2,1-2H3,(H,26,27)/b19-3+,25-14?. The fourth-order valence-electron chi connectivity index (χ4n) is 4.48. The summed E-state index contributed by atoms with van der Waals surface area (Å²) in [5.41, 5.74) is 5.72. The van der Waals surface area contributed by atoms with E-state index < -0.39 is 5.54 Å². The maximum atomic E-state index is 11.9. The van der Waals surface area contributed by atoms with E-state index in [9.17, 15) is 4.79 Å². The fraction of sp³-hybridized carbons (Fsp3) is 0.261. The second-order valence-electron chi connectivity index (χ2n) is 7.31. The van der Waals surface area contributed by atoms with Gasteiger partial charge in [-0.05, 0) is 49.6 Å². The van der Waals surface area contributed by atoms with Gasteiger partial charge in [-0.3, -0.25) is 9.79 Å². The summed E-state index contributed by atoms with van der Waals surface area (Å²) in [6.07, 6.45) is 7.98. The minimum atomic E-state index is -0.482. The quantitative estimate of drug-likeness (QED) is 0.653. The van der Waals surface area contributed by atoms with E-state index >= 15 is 0 Å². The maximum absolute atomic E-state index is 11.9. The Morgan fingerprint density at radius 3 is 2.74 bits per heavy atom. The highest BCUT2D eigenvalue weighted by molar-refractivity contribution is 5.81. The largest absolute Gasteiger partial charge is 0.326 e. The van der Waals surface area contributed by atoms with Crippen LogP contribution in [0.15, 0.2) is 69.5 Å². The molecule has 4 rings (SSSR count). The minimum absolute atomic E-state index is 0.0670. The van der Waals surface area contributed by atoms with Crippen LogP contribution in [0.2, 0.25) is 0 Å². The number of aliphatic imine (C=N–C) groups is 1. The SMILES string of the molecule is C/C=C1\C2C=C(C)CC1(N=Cc1ccc(C#N)cc1)c1ccc(=O)[nH]c1C2. The molecule has 0 saturated heterocycles. The zero-order valence-electron chi connectivity index (χ0n) is 15.5. The Morgan fingerprint density at radius 1 is 1.26 bits per heavy atom. The summed E-state index contributed by atoms with van der Waals surface area (Å²) in [6.45, 7) is 4.22.